The van der Waals surface area contributed by atoms with Crippen LogP contribution in [0.5, 0.6) is 0 Å². The molecule has 0 aromatic heterocycles. The molecule has 3 rings (SSSR count). The maximum Gasteiger partial charge on any atom is 0.219 e. The lowest BCUT2D eigenvalue weighted by molar-refractivity contribution is -0.110. The summed E-state index contributed by atoms with van der Waals surface area (Å²) >= 11 is 0. The molecule has 140 valence electrons. The van der Waals surface area contributed by atoms with E-state index in [1.807, 2.05) is 42.5 Å². The van der Waals surface area contributed by atoms with Gasteiger partial charge in [0.2, 0.25) is 10.0 Å². The molecule has 2 unspecified atom stereocenters. The Morgan fingerprint density at radius 3 is 2.38 bits per heavy atom. The van der Waals surface area contributed by atoms with Gasteiger partial charge >= 0.3 is 0 Å². The molecule has 0 radical (unpaired) electrons. The molecule has 6 heteroatoms. The first-order valence-corrected chi connectivity index (χ1v) is 10.4. The highest BCUT2D eigenvalue weighted by molar-refractivity contribution is 7.90. The topological polar surface area (TPSA) is 58.6 Å². The Balaban J connectivity index is 1.78. The Hall–Kier alpha value is -1.73. The van der Waals surface area contributed by atoms with E-state index in [1.165, 1.54) is 5.56 Å². The fourth-order valence-electron chi connectivity index (χ4n) is 3.25. The van der Waals surface area contributed by atoms with Gasteiger partial charge in [-0.25, -0.2) is 13.1 Å². The first kappa shape index (κ1) is 19.0. The summed E-state index contributed by atoms with van der Waals surface area (Å²) < 4.78 is 28.5. The summed E-state index contributed by atoms with van der Waals surface area (Å²) in [6, 6.07) is 17.3. The second kappa shape index (κ2) is 7.88. The van der Waals surface area contributed by atoms with Crippen LogP contribution in [0.25, 0.3) is 0 Å². The predicted octanol–water partition coefficient (Wildman–Crippen LogP) is 3.22. The summed E-state index contributed by atoms with van der Waals surface area (Å²) in [7, 11) is -1.75. The van der Waals surface area contributed by atoms with Gasteiger partial charge < -0.3 is 0 Å². The van der Waals surface area contributed by atoms with Gasteiger partial charge in [0.05, 0.1) is 12.6 Å². The third-order valence-corrected chi connectivity index (χ3v) is 6.59. The highest BCUT2D eigenvalue weighted by Gasteiger charge is 2.43. The molecule has 0 saturated carbocycles. The Morgan fingerprint density at radius 2 is 1.77 bits per heavy atom. The molecule has 1 heterocycles. The Morgan fingerprint density at radius 1 is 1.12 bits per heavy atom. The molecule has 2 aromatic carbocycles. The van der Waals surface area contributed by atoms with Crippen molar-refractivity contribution in [2.45, 2.75) is 37.6 Å². The van der Waals surface area contributed by atoms with Crippen molar-refractivity contribution in [1.29, 1.82) is 0 Å². The van der Waals surface area contributed by atoms with Gasteiger partial charge in [-0.15, -0.1) is 0 Å². The zero-order chi connectivity index (χ0) is 18.7. The van der Waals surface area contributed by atoms with E-state index in [-0.39, 0.29) is 19.2 Å². The third kappa shape index (κ3) is 4.15. The second-order valence-electron chi connectivity index (χ2n) is 7.00. The van der Waals surface area contributed by atoms with Crippen molar-refractivity contribution in [3.8, 4) is 0 Å². The van der Waals surface area contributed by atoms with Crippen LogP contribution in [0.4, 0.5) is 0 Å². The van der Waals surface area contributed by atoms with Crippen molar-refractivity contribution < 1.29 is 13.3 Å². The molecule has 5 nitrogen and oxygen atoms in total. The molecule has 1 fully saturated rings. The van der Waals surface area contributed by atoms with Crippen molar-refractivity contribution >= 4 is 10.0 Å². The molecule has 1 saturated heterocycles. The van der Waals surface area contributed by atoms with Gasteiger partial charge in [-0.2, -0.15) is 5.06 Å². The molecule has 1 aliphatic rings. The number of hydroxylamine groups is 2. The fraction of sp³-hybridized carbons (Fsp3) is 0.400. The highest BCUT2D eigenvalue weighted by atomic mass is 32.2. The zero-order valence-corrected chi connectivity index (χ0v) is 16.2. The summed E-state index contributed by atoms with van der Waals surface area (Å²) in [5, 5.41) is 0.998. The van der Waals surface area contributed by atoms with E-state index in [2.05, 4.69) is 30.7 Å². The Bertz CT molecular complexity index is 820. The number of nitrogens with zero attached hydrogens (tertiary/aromatic N) is 1. The molecular weight excluding hydrogens is 348 g/mol. The number of rotatable bonds is 6. The van der Waals surface area contributed by atoms with E-state index in [9.17, 15) is 8.42 Å². The SMILES string of the molecule is CC(C)c1ccc(C2C(S(=O)(=O)NCc3ccccc3)CON2C)cc1. The van der Waals surface area contributed by atoms with E-state index in [1.54, 1.807) is 12.1 Å². The first-order chi connectivity index (χ1) is 12.4. The van der Waals surface area contributed by atoms with E-state index in [4.69, 9.17) is 4.84 Å². The van der Waals surface area contributed by atoms with Gasteiger partial charge in [0.25, 0.3) is 0 Å². The lowest BCUT2D eigenvalue weighted by Crippen LogP contribution is -2.39. The largest absolute Gasteiger partial charge is 0.297 e. The smallest absolute Gasteiger partial charge is 0.219 e. The molecule has 26 heavy (non-hydrogen) atoms. The average molecular weight is 375 g/mol. The number of nitrogens with one attached hydrogen (secondary N) is 1. The van der Waals surface area contributed by atoms with Crippen LogP contribution in [0.1, 0.15) is 42.5 Å². The molecule has 0 spiro atoms. The van der Waals surface area contributed by atoms with Crippen molar-refractivity contribution in [1.82, 2.24) is 9.79 Å². The number of hydrogen-bond acceptors (Lipinski definition) is 4. The summed E-state index contributed by atoms with van der Waals surface area (Å²) in [5.74, 6) is 0.439. The standard InChI is InChI=1S/C20H26N2O3S/c1-15(2)17-9-11-18(12-10-17)20-19(14-25-22(20)3)26(23,24)21-13-16-7-5-4-6-8-16/h4-12,15,19-21H,13-14H2,1-3H3. The van der Waals surface area contributed by atoms with E-state index >= 15 is 0 Å². The van der Waals surface area contributed by atoms with Crippen molar-refractivity contribution in [2.24, 2.45) is 0 Å². The van der Waals surface area contributed by atoms with Crippen LogP contribution >= 0.6 is 0 Å². The predicted molar refractivity (Wildman–Crippen MR) is 103 cm³/mol. The van der Waals surface area contributed by atoms with Gasteiger partial charge in [-0.05, 0) is 22.6 Å². The van der Waals surface area contributed by atoms with Crippen molar-refractivity contribution in [3.05, 3.63) is 71.3 Å². The van der Waals surface area contributed by atoms with Crippen LogP contribution in [-0.4, -0.2) is 32.4 Å². The van der Waals surface area contributed by atoms with Gasteiger partial charge in [0.15, 0.2) is 0 Å². The van der Waals surface area contributed by atoms with Crippen molar-refractivity contribution in [2.75, 3.05) is 13.7 Å². The van der Waals surface area contributed by atoms with Crippen LogP contribution < -0.4 is 4.72 Å². The molecule has 2 aromatic rings. The molecule has 1 N–H and O–H groups in total. The minimum Gasteiger partial charge on any atom is -0.297 e. The minimum absolute atomic E-state index is 0.150. The number of hydrogen-bond donors (Lipinski definition) is 1. The van der Waals surface area contributed by atoms with Gasteiger partial charge in [-0.1, -0.05) is 68.4 Å². The van der Waals surface area contributed by atoms with Crippen LogP contribution in [-0.2, 0) is 21.4 Å². The van der Waals surface area contributed by atoms with E-state index in [0.29, 0.717) is 5.92 Å². The maximum atomic E-state index is 12.9. The minimum atomic E-state index is -3.53. The summed E-state index contributed by atoms with van der Waals surface area (Å²) in [6.45, 7) is 4.71. The zero-order valence-electron chi connectivity index (χ0n) is 15.4. The van der Waals surface area contributed by atoms with E-state index < -0.39 is 15.3 Å². The lowest BCUT2D eigenvalue weighted by atomic mass is 9.98. The van der Waals surface area contributed by atoms with Crippen LogP contribution in [0.2, 0.25) is 0 Å². The third-order valence-electron chi connectivity index (χ3n) is 4.85. The number of sulfonamides is 1. The van der Waals surface area contributed by atoms with Crippen LogP contribution in [0.15, 0.2) is 54.6 Å². The fourth-order valence-corrected chi connectivity index (χ4v) is 4.74. The van der Waals surface area contributed by atoms with Crippen molar-refractivity contribution in [3.63, 3.8) is 0 Å². The van der Waals surface area contributed by atoms with Crippen LogP contribution in [0.3, 0.4) is 0 Å². The lowest BCUT2D eigenvalue weighted by Gasteiger charge is -2.23. The molecule has 0 bridgehead atoms. The van der Waals surface area contributed by atoms with Gasteiger partial charge in [-0.3, -0.25) is 4.84 Å². The van der Waals surface area contributed by atoms with Gasteiger partial charge in [0, 0.05) is 13.6 Å². The Labute approximate surface area is 156 Å². The quantitative estimate of drug-likeness (QED) is 0.843. The summed E-state index contributed by atoms with van der Waals surface area (Å²) in [4.78, 5) is 5.56. The van der Waals surface area contributed by atoms with Gasteiger partial charge in [0.1, 0.15) is 5.25 Å². The average Bonchev–Trinajstić information content (AvgIpc) is 3.03. The molecule has 0 aliphatic carbocycles. The second-order valence-corrected chi connectivity index (χ2v) is 8.98. The summed E-state index contributed by atoms with van der Waals surface area (Å²) in [5.41, 5.74) is 3.11. The monoisotopic (exact) mass is 374 g/mol. The molecule has 0 amide bonds. The molecule has 2 atom stereocenters. The maximum absolute atomic E-state index is 12.9. The first-order valence-electron chi connectivity index (χ1n) is 8.86. The normalized spacial score (nSPS) is 21.4. The van der Waals surface area contributed by atoms with Crippen LogP contribution in [0, 0.1) is 0 Å². The number of benzene rings is 2. The Kier molecular flexibility index (Phi) is 5.77. The highest BCUT2D eigenvalue weighted by Crippen LogP contribution is 2.33. The molecular formula is C20H26N2O3S. The molecule has 1 aliphatic heterocycles. The summed E-state index contributed by atoms with van der Waals surface area (Å²) in [6.07, 6.45) is 0. The van der Waals surface area contributed by atoms with E-state index in [0.717, 1.165) is 11.1 Å².